The molecule has 2 fully saturated rings. The second-order valence-corrected chi connectivity index (χ2v) is 20.0. The Bertz CT molecular complexity index is 2960. The molecular weight excluding hydrogens is 941 g/mol. The predicted octanol–water partition coefficient (Wildman–Crippen LogP) is 11.5. The van der Waals surface area contributed by atoms with Gasteiger partial charge < -0.3 is 48.9 Å². The number of amides is 2. The number of hydrogen-bond acceptors (Lipinski definition) is 10. The van der Waals surface area contributed by atoms with E-state index in [9.17, 15) is 29.4 Å². The molecule has 2 heterocycles. The molecule has 2 aliphatic heterocycles. The van der Waals surface area contributed by atoms with E-state index in [4.69, 9.17) is 28.4 Å². The molecule has 14 heteroatoms. The fraction of sp³-hybridized carbons (Fsp3) is 0.400. The molecule has 0 spiro atoms. The van der Waals surface area contributed by atoms with Crippen molar-refractivity contribution in [1.29, 1.82) is 0 Å². The van der Waals surface area contributed by atoms with Crippen LogP contribution in [-0.4, -0.2) is 84.3 Å². The normalized spacial score (nSPS) is 16.7. The Morgan fingerprint density at radius 3 is 1.53 bits per heavy atom. The summed E-state index contributed by atoms with van der Waals surface area (Å²) in [5.41, 5.74) is 3.47. The molecule has 14 nitrogen and oxygen atoms in total. The number of carbonyl (C=O) groups excluding carboxylic acids is 2. The Labute approximate surface area is 431 Å². The second-order valence-electron chi connectivity index (χ2n) is 20.0. The van der Waals surface area contributed by atoms with Gasteiger partial charge >= 0.3 is 11.9 Å². The molecule has 74 heavy (non-hydrogen) atoms. The number of nitrogens with one attached hydrogen (secondary N) is 1. The zero-order valence-electron chi connectivity index (χ0n) is 42.2. The summed E-state index contributed by atoms with van der Waals surface area (Å²) in [6, 6.07) is 35.0. The van der Waals surface area contributed by atoms with Gasteiger partial charge in [-0.2, -0.15) is 0 Å². The van der Waals surface area contributed by atoms with Gasteiger partial charge in [-0.05, 0) is 125 Å². The highest BCUT2D eigenvalue weighted by molar-refractivity contribution is 5.87. The monoisotopic (exact) mass is 1010 g/mol. The minimum Gasteiger partial charge on any atom is -0.484 e. The van der Waals surface area contributed by atoms with Crippen molar-refractivity contribution >= 4 is 45.3 Å². The number of carbonyl (C=O) groups is 4. The number of aliphatic carboxylic acids is 2. The fourth-order valence-electron chi connectivity index (χ4n) is 10.6. The number of ether oxygens (including phenoxy) is 6. The molecule has 2 saturated carbocycles. The SMILES string of the molecule is CC(Oc1ccc2ccc(C(CC(=O)O)c3ccc4c(c3)OCO4)cc2c1)C(=O)NC1CCCCCC1.CN(C(=O)COc1ccc2ccc(C(CC(=O)O)c3ccc4c(c3)OCO4)cc2c1)C1CCCCCC1. The largest absolute Gasteiger partial charge is 0.484 e. The molecule has 0 bridgehead atoms. The Balaban J connectivity index is 0.000000182. The van der Waals surface area contributed by atoms with Gasteiger partial charge in [0.25, 0.3) is 11.8 Å². The van der Waals surface area contributed by atoms with E-state index in [1.807, 2.05) is 121 Å². The zero-order chi connectivity index (χ0) is 51.6. The molecule has 0 saturated heterocycles. The number of carboxylic acids is 2. The first-order valence-corrected chi connectivity index (χ1v) is 26.1. The van der Waals surface area contributed by atoms with E-state index in [-0.39, 0.29) is 62.7 Å². The van der Waals surface area contributed by atoms with Crippen LogP contribution in [0.5, 0.6) is 34.5 Å². The minimum absolute atomic E-state index is 0.00294. The maximum Gasteiger partial charge on any atom is 0.304 e. The number of likely N-dealkylation sites (N-methyl/N-ethyl adjacent to an activating group) is 1. The first-order valence-electron chi connectivity index (χ1n) is 26.1. The summed E-state index contributed by atoms with van der Waals surface area (Å²) >= 11 is 0. The molecule has 0 aromatic heterocycles. The van der Waals surface area contributed by atoms with Gasteiger partial charge in [0.15, 0.2) is 35.7 Å². The van der Waals surface area contributed by atoms with Gasteiger partial charge in [0, 0.05) is 31.0 Å². The minimum atomic E-state index is -0.881. The van der Waals surface area contributed by atoms with E-state index in [2.05, 4.69) is 5.32 Å². The van der Waals surface area contributed by atoms with Gasteiger partial charge in [0.05, 0.1) is 12.8 Å². The van der Waals surface area contributed by atoms with Gasteiger partial charge in [0.2, 0.25) is 13.6 Å². The van der Waals surface area contributed by atoms with Gasteiger partial charge in [-0.15, -0.1) is 0 Å². The Kier molecular flexibility index (Phi) is 16.7. The van der Waals surface area contributed by atoms with Crippen LogP contribution in [0.1, 0.15) is 131 Å². The molecule has 0 radical (unpaired) electrons. The van der Waals surface area contributed by atoms with E-state index >= 15 is 0 Å². The van der Waals surface area contributed by atoms with Crippen molar-refractivity contribution in [3.8, 4) is 34.5 Å². The second kappa shape index (κ2) is 24.0. The number of nitrogens with zero attached hydrogens (tertiary/aromatic N) is 1. The maximum atomic E-state index is 12.8. The fourth-order valence-corrected chi connectivity index (χ4v) is 10.6. The van der Waals surface area contributed by atoms with Crippen molar-refractivity contribution < 1.29 is 57.8 Å². The van der Waals surface area contributed by atoms with Crippen LogP contribution in [0.2, 0.25) is 0 Å². The summed E-state index contributed by atoms with van der Waals surface area (Å²) in [4.78, 5) is 50.9. The summed E-state index contributed by atoms with van der Waals surface area (Å²) in [6.07, 6.45) is 13.1. The summed E-state index contributed by atoms with van der Waals surface area (Å²) in [5.74, 6) is 1.23. The van der Waals surface area contributed by atoms with Gasteiger partial charge in [0.1, 0.15) is 11.5 Å². The molecule has 2 aliphatic carbocycles. The topological polar surface area (TPSA) is 179 Å². The summed E-state index contributed by atoms with van der Waals surface area (Å²) in [5, 5.41) is 26.3. The van der Waals surface area contributed by atoms with E-state index in [1.54, 1.807) is 6.92 Å². The van der Waals surface area contributed by atoms with Crippen LogP contribution in [0, 0.1) is 0 Å². The van der Waals surface area contributed by atoms with Crippen LogP contribution >= 0.6 is 0 Å². The standard InChI is InChI=1S/2C30H33NO6/c1-31(24-6-4-2-3-5-7-24)29(32)18-35-25-12-10-20-8-9-21(14-23(20)15-25)26(17-30(33)34)22-11-13-27-28(16-22)37-19-36-27;1-19(30(34)31-24-6-4-2-3-5-7-24)37-25-12-10-20-8-9-21(14-23(20)15-25)26(17-29(32)33)22-11-13-27-28(16-22)36-18-35-27/h8-16,24,26H,2-7,17-19H2,1H3,(H,33,34);8-16,19,24,26H,2-7,17-18H2,1H3,(H,31,34)(H,32,33). The lowest BCUT2D eigenvalue weighted by molar-refractivity contribution is -0.138. The van der Waals surface area contributed by atoms with Crippen LogP contribution in [0.15, 0.2) is 109 Å². The number of carboxylic acid groups (broad SMARTS) is 2. The lowest BCUT2D eigenvalue weighted by atomic mass is 9.87. The molecule has 388 valence electrons. The molecule has 3 atom stereocenters. The van der Waals surface area contributed by atoms with Gasteiger partial charge in [-0.3, -0.25) is 19.2 Å². The molecule has 10 rings (SSSR count). The Hall–Kier alpha value is -7.48. The zero-order valence-corrected chi connectivity index (χ0v) is 42.2. The predicted molar refractivity (Wildman–Crippen MR) is 281 cm³/mol. The molecule has 3 unspecified atom stereocenters. The molecule has 3 N–H and O–H groups in total. The lowest BCUT2D eigenvalue weighted by Gasteiger charge is -2.27. The van der Waals surface area contributed by atoms with E-state index in [0.717, 1.165) is 82.3 Å². The quantitative estimate of drug-likeness (QED) is 0.0782. The molecule has 2 amide bonds. The van der Waals surface area contributed by atoms with E-state index in [1.165, 1.54) is 38.5 Å². The third-order valence-corrected chi connectivity index (χ3v) is 14.8. The number of rotatable bonds is 16. The molecule has 6 aromatic carbocycles. The maximum absolute atomic E-state index is 12.8. The highest BCUT2D eigenvalue weighted by atomic mass is 16.7. The number of hydrogen-bond donors (Lipinski definition) is 3. The third kappa shape index (κ3) is 13.0. The van der Waals surface area contributed by atoms with Crippen LogP contribution in [0.4, 0.5) is 0 Å². The highest BCUT2D eigenvalue weighted by Gasteiger charge is 2.26. The first kappa shape index (κ1) is 51.4. The highest BCUT2D eigenvalue weighted by Crippen LogP contribution is 2.40. The first-order chi connectivity index (χ1) is 35.9. The Morgan fingerprint density at radius 1 is 0.554 bits per heavy atom. The van der Waals surface area contributed by atoms with Gasteiger partial charge in [-0.25, -0.2) is 0 Å². The number of fused-ring (bicyclic) bond motifs is 4. The van der Waals surface area contributed by atoms with E-state index < -0.39 is 18.0 Å². The number of benzene rings is 6. The smallest absolute Gasteiger partial charge is 0.304 e. The van der Waals surface area contributed by atoms with Crippen molar-refractivity contribution in [2.75, 3.05) is 27.2 Å². The average Bonchev–Trinajstić information content (AvgIpc) is 3.90. The lowest BCUT2D eigenvalue weighted by Crippen LogP contribution is -2.42. The summed E-state index contributed by atoms with van der Waals surface area (Å²) in [6.45, 7) is 2.10. The third-order valence-electron chi connectivity index (χ3n) is 14.8. The molecule has 4 aliphatic rings. The van der Waals surface area contributed by atoms with Crippen molar-refractivity contribution in [2.45, 2.75) is 127 Å². The van der Waals surface area contributed by atoms with Crippen molar-refractivity contribution in [3.63, 3.8) is 0 Å². The molecular formula is C60H66N2O12. The van der Waals surface area contributed by atoms with Crippen LogP contribution in [0.25, 0.3) is 21.5 Å². The van der Waals surface area contributed by atoms with Crippen LogP contribution in [-0.2, 0) is 19.2 Å². The van der Waals surface area contributed by atoms with E-state index in [0.29, 0.717) is 40.5 Å². The van der Waals surface area contributed by atoms with Crippen molar-refractivity contribution in [3.05, 3.63) is 131 Å². The van der Waals surface area contributed by atoms with Gasteiger partial charge in [-0.1, -0.05) is 112 Å². The molecule has 6 aromatic rings. The van der Waals surface area contributed by atoms with Crippen molar-refractivity contribution in [1.82, 2.24) is 10.2 Å². The van der Waals surface area contributed by atoms with Crippen LogP contribution < -0.4 is 33.7 Å². The van der Waals surface area contributed by atoms with Crippen LogP contribution in [0.3, 0.4) is 0 Å². The summed E-state index contributed by atoms with van der Waals surface area (Å²) < 4.78 is 33.7. The summed E-state index contributed by atoms with van der Waals surface area (Å²) in [7, 11) is 1.88. The van der Waals surface area contributed by atoms with Crippen molar-refractivity contribution in [2.24, 2.45) is 0 Å². The average molecular weight is 1010 g/mol. The Morgan fingerprint density at radius 2 is 1.00 bits per heavy atom.